The Morgan fingerprint density at radius 3 is 2.57 bits per heavy atom. The van der Waals surface area contributed by atoms with Crippen molar-refractivity contribution >= 4 is 21.8 Å². The predicted molar refractivity (Wildman–Crippen MR) is 90.4 cm³/mol. The van der Waals surface area contributed by atoms with E-state index >= 15 is 0 Å². The molecule has 116 valence electrons. The molecule has 1 fully saturated rings. The Hall–Kier alpha value is -0.870. The Balaban J connectivity index is 1.58. The second-order valence-electron chi connectivity index (χ2n) is 6.32. The van der Waals surface area contributed by atoms with Crippen molar-refractivity contribution in [3.05, 3.63) is 34.3 Å². The summed E-state index contributed by atoms with van der Waals surface area (Å²) in [6.07, 6.45) is 2.93. The van der Waals surface area contributed by atoms with Gasteiger partial charge in [-0.15, -0.1) is 0 Å². The molecular weight excluding hydrogens is 328 g/mol. The zero-order valence-electron chi connectivity index (χ0n) is 12.9. The van der Waals surface area contributed by atoms with Crippen molar-refractivity contribution in [1.82, 2.24) is 10.6 Å². The molecule has 1 aliphatic carbocycles. The first-order chi connectivity index (χ1) is 10.0. The Kier molecular flexibility index (Phi) is 6.24. The lowest BCUT2D eigenvalue weighted by Gasteiger charge is -2.36. The number of nitrogens with one attached hydrogen (secondary N) is 2. The fourth-order valence-corrected chi connectivity index (χ4v) is 2.85. The average Bonchev–Trinajstić information content (AvgIpc) is 2.40. The van der Waals surface area contributed by atoms with Crippen LogP contribution in [0.4, 0.5) is 0 Å². The number of benzene rings is 1. The summed E-state index contributed by atoms with van der Waals surface area (Å²) in [6, 6.07) is 9.18. The maximum Gasteiger partial charge on any atom is 0.221 e. The van der Waals surface area contributed by atoms with Crippen LogP contribution in [0.5, 0.6) is 0 Å². The first kappa shape index (κ1) is 16.5. The van der Waals surface area contributed by atoms with E-state index in [1.165, 1.54) is 18.4 Å². The summed E-state index contributed by atoms with van der Waals surface area (Å²) in [5.74, 6) is 1.34. The molecule has 2 rings (SSSR count). The van der Waals surface area contributed by atoms with Crippen LogP contribution in [-0.2, 0) is 4.79 Å². The van der Waals surface area contributed by atoms with Crippen molar-refractivity contribution in [2.75, 3.05) is 13.1 Å². The van der Waals surface area contributed by atoms with Crippen LogP contribution >= 0.6 is 15.9 Å². The van der Waals surface area contributed by atoms with E-state index in [4.69, 9.17) is 0 Å². The lowest BCUT2D eigenvalue weighted by molar-refractivity contribution is -0.121. The SMILES string of the molecule is CC(C)CNC(=O)CCNC1CC(c2ccc(Br)cc2)C1. The summed E-state index contributed by atoms with van der Waals surface area (Å²) in [4.78, 5) is 11.6. The van der Waals surface area contributed by atoms with Crippen LogP contribution in [0.3, 0.4) is 0 Å². The monoisotopic (exact) mass is 352 g/mol. The molecular formula is C17H25BrN2O. The summed E-state index contributed by atoms with van der Waals surface area (Å²) in [6.45, 7) is 5.76. The molecule has 3 nitrogen and oxygen atoms in total. The van der Waals surface area contributed by atoms with E-state index in [0.29, 0.717) is 24.3 Å². The topological polar surface area (TPSA) is 41.1 Å². The minimum Gasteiger partial charge on any atom is -0.356 e. The third-order valence-corrected chi connectivity index (χ3v) is 4.50. The molecule has 0 spiro atoms. The van der Waals surface area contributed by atoms with Gasteiger partial charge in [0.25, 0.3) is 0 Å². The van der Waals surface area contributed by atoms with Crippen molar-refractivity contribution in [3.8, 4) is 0 Å². The van der Waals surface area contributed by atoms with E-state index in [0.717, 1.165) is 17.6 Å². The lowest BCUT2D eigenvalue weighted by atomic mass is 9.76. The van der Waals surface area contributed by atoms with Gasteiger partial charge in [0.2, 0.25) is 5.91 Å². The highest BCUT2D eigenvalue weighted by Gasteiger charge is 2.29. The highest BCUT2D eigenvalue weighted by Crippen LogP contribution is 2.37. The van der Waals surface area contributed by atoms with E-state index < -0.39 is 0 Å². The minimum absolute atomic E-state index is 0.153. The number of halogens is 1. The first-order valence-corrected chi connectivity index (χ1v) is 8.59. The van der Waals surface area contributed by atoms with Gasteiger partial charge in [0.1, 0.15) is 0 Å². The number of hydrogen-bond donors (Lipinski definition) is 2. The highest BCUT2D eigenvalue weighted by molar-refractivity contribution is 9.10. The Bertz CT molecular complexity index is 452. The van der Waals surface area contributed by atoms with Gasteiger partial charge in [0.15, 0.2) is 0 Å². The molecule has 1 aromatic rings. The number of carbonyl (C=O) groups is 1. The largest absolute Gasteiger partial charge is 0.356 e. The molecule has 0 saturated heterocycles. The van der Waals surface area contributed by atoms with Crippen LogP contribution in [0.25, 0.3) is 0 Å². The normalized spacial score (nSPS) is 21.1. The molecule has 0 heterocycles. The number of hydrogen-bond acceptors (Lipinski definition) is 2. The molecule has 0 atom stereocenters. The van der Waals surface area contributed by atoms with Gasteiger partial charge in [0, 0.05) is 30.0 Å². The maximum absolute atomic E-state index is 11.6. The van der Waals surface area contributed by atoms with Crippen molar-refractivity contribution in [1.29, 1.82) is 0 Å². The van der Waals surface area contributed by atoms with Crippen LogP contribution in [0, 0.1) is 5.92 Å². The molecule has 0 radical (unpaired) electrons. The second-order valence-corrected chi connectivity index (χ2v) is 7.23. The Morgan fingerprint density at radius 1 is 1.29 bits per heavy atom. The van der Waals surface area contributed by atoms with Crippen molar-refractivity contribution in [2.24, 2.45) is 5.92 Å². The van der Waals surface area contributed by atoms with E-state index in [2.05, 4.69) is 64.7 Å². The number of rotatable bonds is 7. The fourth-order valence-electron chi connectivity index (χ4n) is 2.59. The molecule has 1 aromatic carbocycles. The van der Waals surface area contributed by atoms with Crippen molar-refractivity contribution < 1.29 is 4.79 Å². The molecule has 1 aliphatic rings. The van der Waals surface area contributed by atoms with Gasteiger partial charge in [-0.25, -0.2) is 0 Å². The maximum atomic E-state index is 11.6. The van der Waals surface area contributed by atoms with E-state index in [1.54, 1.807) is 0 Å². The quantitative estimate of drug-likeness (QED) is 0.788. The van der Waals surface area contributed by atoms with E-state index in [9.17, 15) is 4.79 Å². The molecule has 21 heavy (non-hydrogen) atoms. The van der Waals surface area contributed by atoms with Gasteiger partial charge in [-0.2, -0.15) is 0 Å². The summed E-state index contributed by atoms with van der Waals surface area (Å²) < 4.78 is 1.13. The third kappa shape index (κ3) is 5.44. The highest BCUT2D eigenvalue weighted by atomic mass is 79.9. The number of carbonyl (C=O) groups excluding carboxylic acids is 1. The Morgan fingerprint density at radius 2 is 1.95 bits per heavy atom. The van der Waals surface area contributed by atoms with Gasteiger partial charge in [-0.1, -0.05) is 41.9 Å². The summed E-state index contributed by atoms with van der Waals surface area (Å²) in [5, 5.41) is 6.43. The standard InChI is InChI=1S/C17H25BrN2O/c1-12(2)11-20-17(21)7-8-19-16-9-14(10-16)13-3-5-15(18)6-4-13/h3-6,12,14,16,19H,7-11H2,1-2H3,(H,20,21). The zero-order valence-corrected chi connectivity index (χ0v) is 14.4. The lowest BCUT2D eigenvalue weighted by Crippen LogP contribution is -2.41. The van der Waals surface area contributed by atoms with Crippen molar-refractivity contribution in [3.63, 3.8) is 0 Å². The predicted octanol–water partition coefficient (Wildman–Crippen LogP) is 3.45. The van der Waals surface area contributed by atoms with Gasteiger partial charge in [0.05, 0.1) is 0 Å². The smallest absolute Gasteiger partial charge is 0.221 e. The second kappa shape index (κ2) is 7.95. The van der Waals surface area contributed by atoms with Crippen LogP contribution < -0.4 is 10.6 Å². The van der Waals surface area contributed by atoms with E-state index in [1.807, 2.05) is 0 Å². The molecule has 0 aliphatic heterocycles. The molecule has 2 N–H and O–H groups in total. The van der Waals surface area contributed by atoms with Crippen molar-refractivity contribution in [2.45, 2.75) is 45.1 Å². The summed E-state index contributed by atoms with van der Waals surface area (Å²) in [7, 11) is 0. The van der Waals surface area contributed by atoms with Gasteiger partial charge in [-0.05, 0) is 42.4 Å². The van der Waals surface area contributed by atoms with Crippen LogP contribution in [-0.4, -0.2) is 25.0 Å². The molecule has 1 amide bonds. The third-order valence-electron chi connectivity index (χ3n) is 3.97. The van der Waals surface area contributed by atoms with E-state index in [-0.39, 0.29) is 5.91 Å². The molecule has 0 aromatic heterocycles. The van der Waals surface area contributed by atoms with Crippen LogP contribution in [0.1, 0.15) is 44.6 Å². The molecule has 0 bridgehead atoms. The van der Waals surface area contributed by atoms with Crippen LogP contribution in [0.2, 0.25) is 0 Å². The summed E-state index contributed by atoms with van der Waals surface area (Å²) >= 11 is 3.47. The molecule has 4 heteroatoms. The minimum atomic E-state index is 0.153. The molecule has 1 saturated carbocycles. The van der Waals surface area contributed by atoms with Gasteiger partial charge in [-0.3, -0.25) is 4.79 Å². The average molecular weight is 353 g/mol. The summed E-state index contributed by atoms with van der Waals surface area (Å²) in [5.41, 5.74) is 1.42. The first-order valence-electron chi connectivity index (χ1n) is 7.80. The molecule has 0 unspecified atom stereocenters. The van der Waals surface area contributed by atoms with Crippen LogP contribution in [0.15, 0.2) is 28.7 Å². The number of amides is 1. The Labute approximate surface area is 136 Å². The zero-order chi connectivity index (χ0) is 15.2. The fraction of sp³-hybridized carbons (Fsp3) is 0.588. The van der Waals surface area contributed by atoms with Gasteiger partial charge < -0.3 is 10.6 Å². The van der Waals surface area contributed by atoms with Gasteiger partial charge >= 0.3 is 0 Å².